The third-order valence-corrected chi connectivity index (χ3v) is 5.99. The lowest BCUT2D eigenvalue weighted by Gasteiger charge is -2.34. The Morgan fingerprint density at radius 1 is 1.36 bits per heavy atom. The smallest absolute Gasteiger partial charge is 0.271 e. The van der Waals surface area contributed by atoms with Crippen LogP contribution < -0.4 is 5.32 Å². The van der Waals surface area contributed by atoms with Crippen molar-refractivity contribution in [3.8, 4) is 11.4 Å². The van der Waals surface area contributed by atoms with Gasteiger partial charge in [0.05, 0.1) is 27.6 Å². The van der Waals surface area contributed by atoms with Crippen LogP contribution in [-0.2, 0) is 4.79 Å². The molecule has 1 fully saturated rings. The molecular formula is C22H21ClFN5O4. The highest BCUT2D eigenvalue weighted by Crippen LogP contribution is 2.30. The van der Waals surface area contributed by atoms with E-state index in [4.69, 9.17) is 16.1 Å². The number of halogens is 2. The summed E-state index contributed by atoms with van der Waals surface area (Å²) in [5, 5.41) is 17.7. The Morgan fingerprint density at radius 2 is 2.18 bits per heavy atom. The standard InChI is InChI=1S/C22H21ClFN5O4/c1-13(21(30)25-19-8-7-17(29(31)32)11-18(19)23)28-9-3-5-15(12-28)22-26-20(27-33-22)14-4-2-6-16(24)10-14/h2,4,6-8,10-11,13,15H,3,5,9,12H2,1H3,(H,25,30). The molecule has 0 aliphatic carbocycles. The van der Waals surface area contributed by atoms with Gasteiger partial charge in [-0.15, -0.1) is 0 Å². The van der Waals surface area contributed by atoms with Crippen LogP contribution in [0.4, 0.5) is 15.8 Å². The number of piperidine rings is 1. The summed E-state index contributed by atoms with van der Waals surface area (Å²) in [5.41, 5.74) is 0.691. The summed E-state index contributed by atoms with van der Waals surface area (Å²) in [7, 11) is 0. The van der Waals surface area contributed by atoms with Crippen LogP contribution in [0.2, 0.25) is 5.02 Å². The molecule has 11 heteroatoms. The first kappa shape index (κ1) is 22.8. The molecule has 33 heavy (non-hydrogen) atoms. The van der Waals surface area contributed by atoms with Gasteiger partial charge in [-0.3, -0.25) is 19.8 Å². The first-order valence-corrected chi connectivity index (χ1v) is 10.8. The molecule has 9 nitrogen and oxygen atoms in total. The summed E-state index contributed by atoms with van der Waals surface area (Å²) in [6.07, 6.45) is 1.65. The number of benzene rings is 2. The van der Waals surface area contributed by atoms with E-state index >= 15 is 0 Å². The monoisotopic (exact) mass is 473 g/mol. The largest absolute Gasteiger partial charge is 0.339 e. The zero-order chi connectivity index (χ0) is 23.5. The maximum Gasteiger partial charge on any atom is 0.271 e. The van der Waals surface area contributed by atoms with E-state index in [2.05, 4.69) is 15.5 Å². The van der Waals surface area contributed by atoms with Crippen LogP contribution in [0.1, 0.15) is 31.6 Å². The molecule has 2 aromatic carbocycles. The molecule has 0 spiro atoms. The molecule has 0 radical (unpaired) electrons. The minimum Gasteiger partial charge on any atom is -0.339 e. The van der Waals surface area contributed by atoms with E-state index in [0.29, 0.717) is 36.1 Å². The van der Waals surface area contributed by atoms with Crippen molar-refractivity contribution < 1.29 is 18.6 Å². The Balaban J connectivity index is 1.42. The van der Waals surface area contributed by atoms with Crippen molar-refractivity contribution in [2.45, 2.75) is 31.7 Å². The maximum absolute atomic E-state index is 13.5. The fourth-order valence-corrected chi connectivity index (χ4v) is 4.05. The lowest BCUT2D eigenvalue weighted by atomic mass is 9.96. The van der Waals surface area contributed by atoms with E-state index in [0.717, 1.165) is 12.8 Å². The highest BCUT2D eigenvalue weighted by Gasteiger charge is 2.31. The molecule has 1 aliphatic rings. The van der Waals surface area contributed by atoms with Crippen LogP contribution in [0, 0.1) is 15.9 Å². The normalized spacial score (nSPS) is 17.5. The van der Waals surface area contributed by atoms with Crippen LogP contribution in [0.3, 0.4) is 0 Å². The average Bonchev–Trinajstić information content (AvgIpc) is 3.30. The molecular weight excluding hydrogens is 453 g/mol. The number of nitrogens with zero attached hydrogens (tertiary/aromatic N) is 4. The summed E-state index contributed by atoms with van der Waals surface area (Å²) in [5.74, 6) is 0.0463. The SMILES string of the molecule is CC(C(=O)Nc1ccc([N+](=O)[O-])cc1Cl)N1CCCC(c2nc(-c3cccc(F)c3)no2)C1. The van der Waals surface area contributed by atoms with Crippen molar-refractivity contribution in [3.05, 3.63) is 69.3 Å². The molecule has 172 valence electrons. The van der Waals surface area contributed by atoms with Crippen LogP contribution in [-0.4, -0.2) is 45.0 Å². The van der Waals surface area contributed by atoms with Gasteiger partial charge in [-0.2, -0.15) is 4.98 Å². The Hall–Kier alpha value is -3.37. The van der Waals surface area contributed by atoms with Gasteiger partial charge >= 0.3 is 0 Å². The molecule has 2 heterocycles. The van der Waals surface area contributed by atoms with Gasteiger partial charge in [-0.05, 0) is 44.5 Å². The number of anilines is 1. The van der Waals surface area contributed by atoms with Gasteiger partial charge < -0.3 is 9.84 Å². The number of aromatic nitrogens is 2. The molecule has 0 bridgehead atoms. The van der Waals surface area contributed by atoms with Crippen molar-refractivity contribution >= 4 is 28.9 Å². The first-order valence-electron chi connectivity index (χ1n) is 10.4. The Bertz CT molecular complexity index is 1190. The number of nitro benzene ring substituents is 1. The number of hydrogen-bond acceptors (Lipinski definition) is 7. The number of hydrogen-bond donors (Lipinski definition) is 1. The molecule has 4 rings (SSSR count). The number of non-ortho nitro benzene ring substituents is 1. The summed E-state index contributed by atoms with van der Waals surface area (Å²) in [6.45, 7) is 3.03. The van der Waals surface area contributed by atoms with E-state index in [1.54, 1.807) is 19.1 Å². The van der Waals surface area contributed by atoms with Gasteiger partial charge in [0.25, 0.3) is 5.69 Å². The Labute approximate surface area is 193 Å². The Morgan fingerprint density at radius 3 is 2.91 bits per heavy atom. The van der Waals surface area contributed by atoms with E-state index in [9.17, 15) is 19.3 Å². The molecule has 1 N–H and O–H groups in total. The van der Waals surface area contributed by atoms with Crippen molar-refractivity contribution in [1.82, 2.24) is 15.0 Å². The fourth-order valence-electron chi connectivity index (χ4n) is 3.83. The van der Waals surface area contributed by atoms with E-state index in [-0.39, 0.29) is 28.4 Å². The number of carbonyl (C=O) groups is 1. The third-order valence-electron chi connectivity index (χ3n) is 5.68. The van der Waals surface area contributed by atoms with Crippen LogP contribution in [0.5, 0.6) is 0 Å². The topological polar surface area (TPSA) is 114 Å². The van der Waals surface area contributed by atoms with Crippen molar-refractivity contribution in [3.63, 3.8) is 0 Å². The second-order valence-corrected chi connectivity index (χ2v) is 8.29. The zero-order valence-corrected chi connectivity index (χ0v) is 18.5. The van der Waals surface area contributed by atoms with Gasteiger partial charge in [0.1, 0.15) is 5.82 Å². The number of carbonyl (C=O) groups excluding carboxylic acids is 1. The summed E-state index contributed by atoms with van der Waals surface area (Å²) in [6, 6.07) is 9.40. The zero-order valence-electron chi connectivity index (χ0n) is 17.7. The van der Waals surface area contributed by atoms with Gasteiger partial charge in [0.15, 0.2) is 0 Å². The average molecular weight is 474 g/mol. The highest BCUT2D eigenvalue weighted by molar-refractivity contribution is 6.34. The number of nitrogens with one attached hydrogen (secondary N) is 1. The predicted octanol–water partition coefficient (Wildman–Crippen LogP) is 4.64. The lowest BCUT2D eigenvalue weighted by molar-refractivity contribution is -0.384. The minimum absolute atomic E-state index is 0.0632. The number of amides is 1. The molecule has 1 aliphatic heterocycles. The van der Waals surface area contributed by atoms with Crippen LogP contribution in [0.15, 0.2) is 47.0 Å². The van der Waals surface area contributed by atoms with E-state index in [1.165, 1.54) is 30.3 Å². The predicted molar refractivity (Wildman–Crippen MR) is 119 cm³/mol. The minimum atomic E-state index is -0.550. The van der Waals surface area contributed by atoms with Crippen LogP contribution >= 0.6 is 11.6 Å². The number of likely N-dealkylation sites (tertiary alicyclic amines) is 1. The molecule has 2 atom stereocenters. The van der Waals surface area contributed by atoms with Gasteiger partial charge in [-0.1, -0.05) is 28.9 Å². The maximum atomic E-state index is 13.5. The number of nitro groups is 1. The van der Waals surface area contributed by atoms with Gasteiger partial charge in [0.2, 0.25) is 17.6 Å². The fraction of sp³-hybridized carbons (Fsp3) is 0.318. The van der Waals surface area contributed by atoms with Crippen molar-refractivity contribution in [1.29, 1.82) is 0 Å². The molecule has 0 saturated carbocycles. The molecule has 2 unspecified atom stereocenters. The molecule has 1 amide bonds. The lowest BCUT2D eigenvalue weighted by Crippen LogP contribution is -2.46. The van der Waals surface area contributed by atoms with Gasteiger partial charge in [-0.25, -0.2) is 4.39 Å². The number of rotatable bonds is 6. The molecule has 3 aromatic rings. The summed E-state index contributed by atoms with van der Waals surface area (Å²) in [4.78, 5) is 29.6. The van der Waals surface area contributed by atoms with E-state index < -0.39 is 11.0 Å². The molecule has 1 aromatic heterocycles. The van der Waals surface area contributed by atoms with Crippen LogP contribution in [0.25, 0.3) is 11.4 Å². The van der Waals surface area contributed by atoms with Crippen molar-refractivity contribution in [2.75, 3.05) is 18.4 Å². The molecule has 1 saturated heterocycles. The third kappa shape index (κ3) is 5.18. The van der Waals surface area contributed by atoms with E-state index in [1.807, 2.05) is 4.90 Å². The second-order valence-electron chi connectivity index (χ2n) is 7.89. The highest BCUT2D eigenvalue weighted by atomic mass is 35.5. The van der Waals surface area contributed by atoms with Gasteiger partial charge in [0, 0.05) is 24.2 Å². The first-order chi connectivity index (χ1) is 15.8. The summed E-state index contributed by atoms with van der Waals surface area (Å²) >= 11 is 6.09. The quantitative estimate of drug-likeness (QED) is 0.409. The van der Waals surface area contributed by atoms with Crippen molar-refractivity contribution in [2.24, 2.45) is 0 Å². The Kier molecular flexibility index (Phi) is 6.66. The summed E-state index contributed by atoms with van der Waals surface area (Å²) < 4.78 is 18.9. The second kappa shape index (κ2) is 9.63.